The highest BCUT2D eigenvalue weighted by Crippen LogP contribution is 2.30. The predicted octanol–water partition coefficient (Wildman–Crippen LogP) is 3.31. The van der Waals surface area contributed by atoms with Crippen LogP contribution >= 0.6 is 11.3 Å². The van der Waals surface area contributed by atoms with Crippen molar-refractivity contribution >= 4 is 22.4 Å². The Labute approximate surface area is 123 Å². The van der Waals surface area contributed by atoms with Crippen LogP contribution < -0.4 is 14.8 Å². The molecule has 5 nitrogen and oxygen atoms in total. The summed E-state index contributed by atoms with van der Waals surface area (Å²) in [5, 5.41) is 3.02. The number of hydrogen-bond donors (Lipinski definition) is 1. The second kappa shape index (κ2) is 6.49. The molecule has 0 aliphatic heterocycles. The first-order valence-corrected chi connectivity index (χ1v) is 6.68. The van der Waals surface area contributed by atoms with Gasteiger partial charge in [0.15, 0.2) is 16.6 Å². The summed E-state index contributed by atoms with van der Waals surface area (Å²) >= 11 is 1.31. The van der Waals surface area contributed by atoms with Gasteiger partial charge in [-0.1, -0.05) is 0 Å². The first-order valence-electron chi connectivity index (χ1n) is 5.86. The number of amides is 1. The van der Waals surface area contributed by atoms with E-state index >= 15 is 0 Å². The number of rotatable bonds is 5. The third kappa shape index (κ3) is 3.88. The number of aromatic nitrogens is 1. The van der Waals surface area contributed by atoms with Crippen LogP contribution in [0, 0.1) is 6.92 Å². The van der Waals surface area contributed by atoms with Crippen LogP contribution in [0.2, 0.25) is 0 Å². The molecule has 0 spiro atoms. The summed E-state index contributed by atoms with van der Waals surface area (Å²) in [6.45, 7) is -1.14. The van der Waals surface area contributed by atoms with E-state index in [0.29, 0.717) is 5.13 Å². The maximum atomic E-state index is 12.3. The van der Waals surface area contributed by atoms with Gasteiger partial charge in [-0.05, 0) is 25.1 Å². The van der Waals surface area contributed by atoms with Crippen molar-refractivity contribution in [3.05, 3.63) is 34.8 Å². The van der Waals surface area contributed by atoms with Crippen LogP contribution in [0.25, 0.3) is 0 Å². The number of methoxy groups -OCH3 is 1. The zero-order valence-electron chi connectivity index (χ0n) is 11.2. The second-order valence-electron chi connectivity index (χ2n) is 3.97. The predicted molar refractivity (Wildman–Crippen MR) is 74.4 cm³/mol. The van der Waals surface area contributed by atoms with Gasteiger partial charge < -0.3 is 9.47 Å². The number of anilines is 1. The summed E-state index contributed by atoms with van der Waals surface area (Å²) in [7, 11) is 1.33. The third-order valence-electron chi connectivity index (χ3n) is 2.48. The fourth-order valence-electron chi connectivity index (χ4n) is 1.59. The van der Waals surface area contributed by atoms with Crippen LogP contribution in [0.1, 0.15) is 15.2 Å². The van der Waals surface area contributed by atoms with Crippen molar-refractivity contribution in [2.24, 2.45) is 0 Å². The lowest BCUT2D eigenvalue weighted by Gasteiger charge is -2.11. The summed E-state index contributed by atoms with van der Waals surface area (Å²) in [5.74, 6) is -0.543. The number of halogens is 2. The van der Waals surface area contributed by atoms with Gasteiger partial charge in [0.1, 0.15) is 0 Å². The first kappa shape index (κ1) is 15.2. The number of carbonyl (C=O) groups excluding carboxylic acids is 1. The Bertz CT molecular complexity index is 646. The van der Waals surface area contributed by atoms with E-state index in [0.717, 1.165) is 4.88 Å². The minimum absolute atomic E-state index is 0.122. The number of benzene rings is 1. The lowest BCUT2D eigenvalue weighted by atomic mass is 10.2. The molecular formula is C13H12F2N2O3S. The molecule has 0 fully saturated rings. The average Bonchev–Trinajstić information content (AvgIpc) is 2.83. The summed E-state index contributed by atoms with van der Waals surface area (Å²) < 4.78 is 33.9. The highest BCUT2D eigenvalue weighted by atomic mass is 32.1. The highest BCUT2D eigenvalue weighted by Gasteiger charge is 2.15. The zero-order valence-corrected chi connectivity index (χ0v) is 12.0. The van der Waals surface area contributed by atoms with Crippen molar-refractivity contribution in [2.75, 3.05) is 12.4 Å². The summed E-state index contributed by atoms with van der Waals surface area (Å²) in [6, 6.07) is 4.04. The third-order valence-corrected chi connectivity index (χ3v) is 3.31. The number of hydrogen-bond acceptors (Lipinski definition) is 5. The van der Waals surface area contributed by atoms with Crippen LogP contribution in [-0.4, -0.2) is 24.6 Å². The van der Waals surface area contributed by atoms with Crippen molar-refractivity contribution in [2.45, 2.75) is 13.5 Å². The van der Waals surface area contributed by atoms with E-state index in [9.17, 15) is 13.6 Å². The number of alkyl halides is 2. The van der Waals surface area contributed by atoms with Crippen LogP contribution in [-0.2, 0) is 0 Å². The molecule has 0 aliphatic rings. The molecule has 0 bridgehead atoms. The molecule has 1 aromatic carbocycles. The molecule has 0 aliphatic carbocycles. The smallest absolute Gasteiger partial charge is 0.387 e. The van der Waals surface area contributed by atoms with Crippen LogP contribution in [0.15, 0.2) is 24.4 Å². The molecule has 0 saturated heterocycles. The maximum absolute atomic E-state index is 12.3. The second-order valence-corrected chi connectivity index (χ2v) is 5.21. The Morgan fingerprint density at radius 1 is 1.38 bits per heavy atom. The molecule has 1 amide bonds. The van der Waals surface area contributed by atoms with Gasteiger partial charge in [0.2, 0.25) is 0 Å². The Kier molecular flexibility index (Phi) is 4.69. The Hall–Kier alpha value is -2.22. The van der Waals surface area contributed by atoms with Gasteiger partial charge in [0.25, 0.3) is 5.91 Å². The van der Waals surface area contributed by atoms with Crippen LogP contribution in [0.5, 0.6) is 11.5 Å². The van der Waals surface area contributed by atoms with Crippen LogP contribution in [0.3, 0.4) is 0 Å². The Balaban J connectivity index is 2.20. The monoisotopic (exact) mass is 314 g/mol. The summed E-state index contributed by atoms with van der Waals surface area (Å²) in [5.41, 5.74) is 0.166. The van der Waals surface area contributed by atoms with Gasteiger partial charge in [-0.3, -0.25) is 10.1 Å². The van der Waals surface area contributed by atoms with Crippen molar-refractivity contribution in [3.8, 4) is 11.5 Å². The first-order chi connectivity index (χ1) is 9.99. The molecule has 112 valence electrons. The highest BCUT2D eigenvalue weighted by molar-refractivity contribution is 7.15. The number of thiazole rings is 1. The Morgan fingerprint density at radius 2 is 2.14 bits per heavy atom. The quantitative estimate of drug-likeness (QED) is 0.920. The number of carbonyl (C=O) groups is 1. The minimum Gasteiger partial charge on any atom is -0.493 e. The fourth-order valence-corrected chi connectivity index (χ4v) is 2.25. The zero-order chi connectivity index (χ0) is 15.4. The fraction of sp³-hybridized carbons (Fsp3) is 0.231. The molecule has 8 heteroatoms. The number of ether oxygens (including phenoxy) is 2. The average molecular weight is 314 g/mol. The number of aryl methyl sites for hydroxylation is 1. The molecule has 0 unspecified atom stereocenters. The van der Waals surface area contributed by atoms with Crippen LogP contribution in [0.4, 0.5) is 13.9 Å². The number of nitrogens with zero attached hydrogens (tertiary/aromatic N) is 1. The topological polar surface area (TPSA) is 60.5 Å². The lowest BCUT2D eigenvalue weighted by molar-refractivity contribution is -0.0512. The van der Waals surface area contributed by atoms with E-state index in [1.807, 2.05) is 6.92 Å². The molecule has 1 N–H and O–H groups in total. The molecule has 2 aromatic rings. The van der Waals surface area contributed by atoms with E-state index in [1.54, 1.807) is 6.20 Å². The molecule has 0 atom stereocenters. The molecular weight excluding hydrogens is 302 g/mol. The van der Waals surface area contributed by atoms with E-state index in [1.165, 1.54) is 36.6 Å². The van der Waals surface area contributed by atoms with Gasteiger partial charge >= 0.3 is 6.61 Å². The van der Waals surface area contributed by atoms with E-state index in [-0.39, 0.29) is 17.1 Å². The molecule has 1 aromatic heterocycles. The minimum atomic E-state index is -3.00. The summed E-state index contributed by atoms with van der Waals surface area (Å²) in [6.07, 6.45) is 1.62. The van der Waals surface area contributed by atoms with Gasteiger partial charge in [-0.2, -0.15) is 8.78 Å². The molecule has 0 saturated carbocycles. The van der Waals surface area contributed by atoms with Gasteiger partial charge in [0.05, 0.1) is 7.11 Å². The van der Waals surface area contributed by atoms with Crippen molar-refractivity contribution < 1.29 is 23.0 Å². The molecule has 21 heavy (non-hydrogen) atoms. The Morgan fingerprint density at radius 3 is 2.71 bits per heavy atom. The van der Waals surface area contributed by atoms with Gasteiger partial charge in [-0.15, -0.1) is 11.3 Å². The van der Waals surface area contributed by atoms with E-state index in [2.05, 4.69) is 15.0 Å². The van der Waals surface area contributed by atoms with E-state index in [4.69, 9.17) is 4.74 Å². The van der Waals surface area contributed by atoms with Crippen molar-refractivity contribution in [1.29, 1.82) is 0 Å². The maximum Gasteiger partial charge on any atom is 0.387 e. The van der Waals surface area contributed by atoms with Crippen molar-refractivity contribution in [1.82, 2.24) is 4.98 Å². The lowest BCUT2D eigenvalue weighted by Crippen LogP contribution is -2.12. The van der Waals surface area contributed by atoms with E-state index < -0.39 is 12.5 Å². The van der Waals surface area contributed by atoms with Gasteiger partial charge in [-0.25, -0.2) is 4.98 Å². The molecule has 1 heterocycles. The van der Waals surface area contributed by atoms with Gasteiger partial charge in [0, 0.05) is 16.6 Å². The SMILES string of the molecule is COc1ccc(C(=O)Nc2ncc(C)s2)cc1OC(F)F. The molecule has 0 radical (unpaired) electrons. The molecule has 2 rings (SSSR count). The van der Waals surface area contributed by atoms with Crippen molar-refractivity contribution in [3.63, 3.8) is 0 Å². The normalized spacial score (nSPS) is 10.5. The summed E-state index contributed by atoms with van der Waals surface area (Å²) in [4.78, 5) is 17.0. The number of nitrogens with one attached hydrogen (secondary N) is 1. The largest absolute Gasteiger partial charge is 0.493 e. The standard InChI is InChI=1S/C13H12F2N2O3S/c1-7-6-16-13(21-7)17-11(18)8-3-4-9(19-2)10(5-8)20-12(14)15/h3-6,12H,1-2H3,(H,16,17,18).